The molecule has 0 radical (unpaired) electrons. The summed E-state index contributed by atoms with van der Waals surface area (Å²) in [5.74, 6) is -1.96. The maximum atomic E-state index is 13.8. The molecule has 5 heteroatoms. The minimum Gasteiger partial charge on any atom is -0.288 e. The molecule has 2 aromatic rings. The molecule has 0 atom stereocenters. The van der Waals surface area contributed by atoms with Gasteiger partial charge in [0.15, 0.2) is 5.78 Å². The van der Waals surface area contributed by atoms with E-state index >= 15 is 0 Å². The lowest BCUT2D eigenvalue weighted by atomic mass is 9.99. The van der Waals surface area contributed by atoms with E-state index in [1.54, 1.807) is 25.1 Å². The Bertz CT molecular complexity index is 669. The Kier molecular flexibility index (Phi) is 4.16. The van der Waals surface area contributed by atoms with Crippen LogP contribution in [0, 0.1) is 18.6 Å². The Morgan fingerprint density at radius 3 is 2.37 bits per heavy atom. The van der Waals surface area contributed by atoms with E-state index in [9.17, 15) is 13.6 Å². The molecule has 2 aromatic carbocycles. The quantitative estimate of drug-likeness (QED) is 0.520. The minimum atomic E-state index is -0.752. The highest BCUT2D eigenvalue weighted by molar-refractivity contribution is 9.10. The zero-order chi connectivity index (χ0) is 14.2. The highest BCUT2D eigenvalue weighted by Crippen LogP contribution is 2.24. The molecule has 0 saturated carbocycles. The van der Waals surface area contributed by atoms with Gasteiger partial charge in [-0.3, -0.25) is 4.79 Å². The van der Waals surface area contributed by atoms with E-state index in [1.807, 2.05) is 0 Å². The van der Waals surface area contributed by atoms with Crippen LogP contribution in [0.2, 0.25) is 0 Å². The molecule has 0 aliphatic heterocycles. The molecule has 0 fully saturated rings. The topological polar surface area (TPSA) is 17.1 Å². The number of hydrogen-bond acceptors (Lipinski definition) is 1. The van der Waals surface area contributed by atoms with Crippen LogP contribution in [0.1, 0.15) is 21.5 Å². The van der Waals surface area contributed by atoms with Gasteiger partial charge in [-0.25, -0.2) is 8.78 Å². The van der Waals surface area contributed by atoms with Crippen molar-refractivity contribution >= 4 is 37.6 Å². The molecule has 0 amide bonds. The predicted octanol–water partition coefficient (Wildman–Crippen LogP) is 5.03. The number of aryl methyl sites for hydroxylation is 1. The van der Waals surface area contributed by atoms with Crippen LogP contribution in [0.3, 0.4) is 0 Å². The van der Waals surface area contributed by atoms with E-state index < -0.39 is 17.4 Å². The van der Waals surface area contributed by atoms with Gasteiger partial charge in [0.05, 0.1) is 10.0 Å². The number of halogens is 4. The van der Waals surface area contributed by atoms with E-state index in [-0.39, 0.29) is 10.0 Å². The number of ketones is 1. The third-order valence-electron chi connectivity index (χ3n) is 2.70. The fourth-order valence-electron chi connectivity index (χ4n) is 1.68. The average molecular weight is 390 g/mol. The van der Waals surface area contributed by atoms with Gasteiger partial charge in [-0.05, 0) is 52.7 Å². The Hall–Kier alpha value is -1.07. The second-order valence-electron chi connectivity index (χ2n) is 4.03. The summed E-state index contributed by atoms with van der Waals surface area (Å²) in [5.41, 5.74) is 0.771. The molecule has 19 heavy (non-hydrogen) atoms. The van der Waals surface area contributed by atoms with Gasteiger partial charge in [0.1, 0.15) is 11.6 Å². The molecule has 0 aliphatic carbocycles. The molecule has 0 unspecified atom stereocenters. The van der Waals surface area contributed by atoms with Crippen molar-refractivity contribution in [3.05, 3.63) is 67.6 Å². The van der Waals surface area contributed by atoms with Crippen molar-refractivity contribution in [2.24, 2.45) is 0 Å². The largest absolute Gasteiger partial charge is 0.288 e. The van der Waals surface area contributed by atoms with E-state index in [0.29, 0.717) is 15.6 Å². The number of carbonyl (C=O) groups excluding carboxylic acids is 1. The number of benzene rings is 2. The van der Waals surface area contributed by atoms with Crippen LogP contribution in [0.5, 0.6) is 0 Å². The molecule has 0 N–H and O–H groups in total. The molecule has 1 nitrogen and oxygen atoms in total. The van der Waals surface area contributed by atoms with Gasteiger partial charge in [0.25, 0.3) is 0 Å². The molecule has 0 heterocycles. The fraction of sp³-hybridized carbons (Fsp3) is 0.0714. The average Bonchev–Trinajstić information content (AvgIpc) is 2.36. The van der Waals surface area contributed by atoms with E-state index in [2.05, 4.69) is 31.9 Å². The maximum absolute atomic E-state index is 13.8. The fourth-order valence-corrected chi connectivity index (χ4v) is 2.36. The molecule has 2 rings (SSSR count). The SMILES string of the molecule is Cc1ccc(Br)cc1C(=O)c1cc(F)c(Br)cc1F. The van der Waals surface area contributed by atoms with Crippen molar-refractivity contribution in [1.82, 2.24) is 0 Å². The summed E-state index contributed by atoms with van der Waals surface area (Å²) in [7, 11) is 0. The summed E-state index contributed by atoms with van der Waals surface area (Å²) in [5, 5.41) is 0. The zero-order valence-corrected chi connectivity index (χ0v) is 13.0. The molecular weight excluding hydrogens is 382 g/mol. The normalized spacial score (nSPS) is 10.6. The maximum Gasteiger partial charge on any atom is 0.196 e. The van der Waals surface area contributed by atoms with Gasteiger partial charge in [-0.1, -0.05) is 22.0 Å². The summed E-state index contributed by atoms with van der Waals surface area (Å²) in [6.45, 7) is 1.74. The van der Waals surface area contributed by atoms with Gasteiger partial charge >= 0.3 is 0 Å². The summed E-state index contributed by atoms with van der Waals surface area (Å²) in [6.07, 6.45) is 0. The van der Waals surface area contributed by atoms with Crippen molar-refractivity contribution in [3.8, 4) is 0 Å². The van der Waals surface area contributed by atoms with Crippen LogP contribution in [0.4, 0.5) is 8.78 Å². The third kappa shape index (κ3) is 2.92. The summed E-state index contributed by atoms with van der Waals surface area (Å²) in [4.78, 5) is 12.3. The first-order valence-corrected chi connectivity index (χ1v) is 6.94. The lowest BCUT2D eigenvalue weighted by Gasteiger charge is -2.07. The van der Waals surface area contributed by atoms with Crippen molar-refractivity contribution < 1.29 is 13.6 Å². The van der Waals surface area contributed by atoms with E-state index in [0.717, 1.165) is 12.1 Å². The monoisotopic (exact) mass is 388 g/mol. The first-order chi connectivity index (χ1) is 8.90. The summed E-state index contributed by atoms with van der Waals surface area (Å²) < 4.78 is 27.9. The first kappa shape index (κ1) is 14.3. The third-order valence-corrected chi connectivity index (χ3v) is 3.80. The number of rotatable bonds is 2. The van der Waals surface area contributed by atoms with Crippen molar-refractivity contribution in [1.29, 1.82) is 0 Å². The van der Waals surface area contributed by atoms with Gasteiger partial charge in [0, 0.05) is 10.0 Å². The summed E-state index contributed by atoms with van der Waals surface area (Å²) in [6, 6.07) is 6.98. The Morgan fingerprint density at radius 1 is 1.00 bits per heavy atom. The Morgan fingerprint density at radius 2 is 1.68 bits per heavy atom. The Balaban J connectivity index is 2.56. The number of hydrogen-bond donors (Lipinski definition) is 0. The smallest absolute Gasteiger partial charge is 0.196 e. The van der Waals surface area contributed by atoms with Crippen molar-refractivity contribution in [2.75, 3.05) is 0 Å². The van der Waals surface area contributed by atoms with Gasteiger partial charge < -0.3 is 0 Å². The molecule has 0 bridgehead atoms. The zero-order valence-electron chi connectivity index (χ0n) is 9.81. The molecule has 0 saturated heterocycles. The van der Waals surface area contributed by atoms with Gasteiger partial charge in [-0.2, -0.15) is 0 Å². The van der Waals surface area contributed by atoms with Crippen molar-refractivity contribution in [2.45, 2.75) is 6.92 Å². The summed E-state index contributed by atoms with van der Waals surface area (Å²) >= 11 is 6.13. The lowest BCUT2D eigenvalue weighted by molar-refractivity contribution is 0.103. The Labute approximate surface area is 125 Å². The standard InChI is InChI=1S/C14H8Br2F2O/c1-7-2-3-8(15)4-9(7)14(19)10-5-13(18)11(16)6-12(10)17/h2-6H,1H3. The first-order valence-electron chi connectivity index (χ1n) is 5.35. The van der Waals surface area contributed by atoms with Gasteiger partial charge in [-0.15, -0.1) is 0 Å². The van der Waals surface area contributed by atoms with Crippen molar-refractivity contribution in [3.63, 3.8) is 0 Å². The van der Waals surface area contributed by atoms with E-state index in [1.165, 1.54) is 0 Å². The highest BCUT2D eigenvalue weighted by Gasteiger charge is 2.18. The highest BCUT2D eigenvalue weighted by atomic mass is 79.9. The van der Waals surface area contributed by atoms with Crippen LogP contribution >= 0.6 is 31.9 Å². The van der Waals surface area contributed by atoms with Crippen LogP contribution in [0.25, 0.3) is 0 Å². The molecular formula is C14H8Br2F2O. The van der Waals surface area contributed by atoms with Crippen LogP contribution in [-0.2, 0) is 0 Å². The second-order valence-corrected chi connectivity index (χ2v) is 5.80. The minimum absolute atomic E-state index is 0.00693. The molecule has 0 aliphatic rings. The predicted molar refractivity (Wildman–Crippen MR) is 76.4 cm³/mol. The van der Waals surface area contributed by atoms with E-state index in [4.69, 9.17) is 0 Å². The molecule has 0 spiro atoms. The molecule has 98 valence electrons. The lowest BCUT2D eigenvalue weighted by Crippen LogP contribution is -2.07. The van der Waals surface area contributed by atoms with Crippen LogP contribution in [-0.4, -0.2) is 5.78 Å². The number of carbonyl (C=O) groups is 1. The second kappa shape index (κ2) is 5.51. The van der Waals surface area contributed by atoms with Crippen LogP contribution < -0.4 is 0 Å². The molecule has 0 aromatic heterocycles. The van der Waals surface area contributed by atoms with Crippen LogP contribution in [0.15, 0.2) is 39.3 Å². The van der Waals surface area contributed by atoms with Gasteiger partial charge in [0.2, 0.25) is 0 Å².